The number of aliphatic carboxylic acids is 1. The summed E-state index contributed by atoms with van der Waals surface area (Å²) >= 11 is 0. The van der Waals surface area contributed by atoms with Gasteiger partial charge in [-0.05, 0) is 29.5 Å². The lowest BCUT2D eigenvalue weighted by Crippen LogP contribution is -2.15. The van der Waals surface area contributed by atoms with E-state index in [4.69, 9.17) is 10.8 Å². The van der Waals surface area contributed by atoms with Gasteiger partial charge in [-0.25, -0.2) is 0 Å². The summed E-state index contributed by atoms with van der Waals surface area (Å²) < 4.78 is 0. The molecule has 0 aliphatic heterocycles. The van der Waals surface area contributed by atoms with Crippen LogP contribution >= 0.6 is 0 Å². The van der Waals surface area contributed by atoms with E-state index in [-0.39, 0.29) is 5.41 Å². The summed E-state index contributed by atoms with van der Waals surface area (Å²) in [4.78, 5) is 11.0. The van der Waals surface area contributed by atoms with E-state index in [1.165, 1.54) is 0 Å². The monoisotopic (exact) mass is 221 g/mol. The van der Waals surface area contributed by atoms with Gasteiger partial charge >= 0.3 is 5.97 Å². The number of nitrogen functional groups attached to an aromatic ring is 1. The number of carbonyl (C=O) groups is 1. The second kappa shape index (κ2) is 4.16. The fourth-order valence-corrected chi connectivity index (χ4v) is 1.55. The van der Waals surface area contributed by atoms with Crippen molar-refractivity contribution in [3.8, 4) is 0 Å². The molecule has 1 aromatic rings. The lowest BCUT2D eigenvalue weighted by atomic mass is 9.84. The van der Waals surface area contributed by atoms with E-state index in [0.29, 0.717) is 11.3 Å². The summed E-state index contributed by atoms with van der Waals surface area (Å²) in [5.41, 5.74) is 8.15. The van der Waals surface area contributed by atoms with Crippen molar-refractivity contribution in [1.82, 2.24) is 0 Å². The van der Waals surface area contributed by atoms with E-state index in [1.54, 1.807) is 13.0 Å². The lowest BCUT2D eigenvalue weighted by Gasteiger charge is -2.21. The van der Waals surface area contributed by atoms with Crippen LogP contribution in [0.3, 0.4) is 0 Å². The zero-order valence-electron chi connectivity index (χ0n) is 10.2. The predicted molar refractivity (Wildman–Crippen MR) is 65.6 cm³/mol. The average molecular weight is 221 g/mol. The maximum absolute atomic E-state index is 11.0. The molecule has 0 aromatic heterocycles. The van der Waals surface area contributed by atoms with Crippen LogP contribution in [0.25, 0.3) is 0 Å². The molecule has 88 valence electrons. The summed E-state index contributed by atoms with van der Waals surface area (Å²) in [5.74, 6) is -1.42. The minimum absolute atomic E-state index is 0.000668. The van der Waals surface area contributed by atoms with E-state index in [2.05, 4.69) is 20.8 Å². The van der Waals surface area contributed by atoms with E-state index < -0.39 is 11.9 Å². The maximum Gasteiger partial charge on any atom is 0.310 e. The maximum atomic E-state index is 11.0. The number of hydrogen-bond donors (Lipinski definition) is 2. The highest BCUT2D eigenvalue weighted by atomic mass is 16.4. The van der Waals surface area contributed by atoms with Crippen molar-refractivity contribution >= 4 is 11.7 Å². The summed E-state index contributed by atoms with van der Waals surface area (Å²) in [5, 5.41) is 9.00. The van der Waals surface area contributed by atoms with Gasteiger partial charge in [0.05, 0.1) is 5.92 Å². The van der Waals surface area contributed by atoms with Crippen LogP contribution < -0.4 is 5.73 Å². The van der Waals surface area contributed by atoms with Crippen molar-refractivity contribution in [1.29, 1.82) is 0 Å². The predicted octanol–water partition coefficient (Wildman–Crippen LogP) is 2.75. The highest BCUT2D eigenvalue weighted by Crippen LogP contribution is 2.29. The van der Waals surface area contributed by atoms with Gasteiger partial charge in [0.25, 0.3) is 0 Å². The van der Waals surface area contributed by atoms with Gasteiger partial charge in [-0.2, -0.15) is 0 Å². The number of nitrogens with two attached hydrogens (primary N) is 1. The Labute approximate surface area is 96.3 Å². The Morgan fingerprint density at radius 2 is 1.94 bits per heavy atom. The molecule has 1 aromatic carbocycles. The molecule has 1 rings (SSSR count). The largest absolute Gasteiger partial charge is 0.481 e. The van der Waals surface area contributed by atoms with Gasteiger partial charge in [0, 0.05) is 5.69 Å². The SMILES string of the molecule is CC(C(=O)O)c1cc(C(C)(C)C)ccc1N. The molecule has 0 aliphatic carbocycles. The van der Waals surface area contributed by atoms with E-state index in [0.717, 1.165) is 5.56 Å². The van der Waals surface area contributed by atoms with Crippen LogP contribution in [0.2, 0.25) is 0 Å². The van der Waals surface area contributed by atoms with Crippen molar-refractivity contribution in [3.05, 3.63) is 29.3 Å². The quantitative estimate of drug-likeness (QED) is 0.755. The van der Waals surface area contributed by atoms with E-state index in [1.807, 2.05) is 12.1 Å². The van der Waals surface area contributed by atoms with Crippen LogP contribution in [0, 0.1) is 0 Å². The van der Waals surface area contributed by atoms with Gasteiger partial charge in [0.15, 0.2) is 0 Å². The lowest BCUT2D eigenvalue weighted by molar-refractivity contribution is -0.138. The molecule has 0 saturated heterocycles. The van der Waals surface area contributed by atoms with E-state index >= 15 is 0 Å². The van der Waals surface area contributed by atoms with Crippen molar-refractivity contribution in [2.75, 3.05) is 5.73 Å². The molecule has 3 heteroatoms. The van der Waals surface area contributed by atoms with Crippen LogP contribution in [0.5, 0.6) is 0 Å². The number of rotatable bonds is 2. The molecule has 16 heavy (non-hydrogen) atoms. The van der Waals surface area contributed by atoms with Gasteiger partial charge in [-0.15, -0.1) is 0 Å². The second-order valence-corrected chi connectivity index (χ2v) is 5.15. The molecule has 3 N–H and O–H groups in total. The van der Waals surface area contributed by atoms with E-state index in [9.17, 15) is 4.79 Å². The topological polar surface area (TPSA) is 63.3 Å². The van der Waals surface area contributed by atoms with Crippen molar-refractivity contribution in [2.45, 2.75) is 39.0 Å². The first-order chi connectivity index (χ1) is 7.23. The summed E-state index contributed by atoms with van der Waals surface area (Å²) in [6, 6.07) is 5.64. The highest BCUT2D eigenvalue weighted by molar-refractivity contribution is 5.78. The van der Waals surface area contributed by atoms with Crippen LogP contribution in [-0.2, 0) is 10.2 Å². The Morgan fingerprint density at radius 3 is 2.38 bits per heavy atom. The molecular weight excluding hydrogens is 202 g/mol. The number of anilines is 1. The average Bonchev–Trinajstić information content (AvgIpc) is 2.15. The number of hydrogen-bond acceptors (Lipinski definition) is 2. The smallest absolute Gasteiger partial charge is 0.310 e. The van der Waals surface area contributed by atoms with Gasteiger partial charge in [-0.3, -0.25) is 4.79 Å². The fourth-order valence-electron chi connectivity index (χ4n) is 1.55. The van der Waals surface area contributed by atoms with Crippen LogP contribution in [0.4, 0.5) is 5.69 Å². The molecule has 3 nitrogen and oxygen atoms in total. The first-order valence-corrected chi connectivity index (χ1v) is 5.36. The standard InChI is InChI=1S/C13H19NO2/c1-8(12(15)16)10-7-9(13(2,3)4)5-6-11(10)14/h5-8H,14H2,1-4H3,(H,15,16). The summed E-state index contributed by atoms with van der Waals surface area (Å²) in [7, 11) is 0. The normalized spacial score (nSPS) is 13.5. The third kappa shape index (κ3) is 2.54. The molecule has 0 radical (unpaired) electrons. The molecule has 0 spiro atoms. The molecule has 0 heterocycles. The number of carboxylic acids is 1. The molecule has 0 amide bonds. The Hall–Kier alpha value is -1.51. The number of benzene rings is 1. The Bertz CT molecular complexity index is 405. The zero-order valence-corrected chi connectivity index (χ0v) is 10.2. The Kier molecular flexibility index (Phi) is 3.27. The van der Waals surface area contributed by atoms with Gasteiger partial charge < -0.3 is 10.8 Å². The van der Waals surface area contributed by atoms with Crippen molar-refractivity contribution < 1.29 is 9.90 Å². The minimum atomic E-state index is -0.849. The molecular formula is C13H19NO2. The molecule has 0 saturated carbocycles. The van der Waals surface area contributed by atoms with Crippen LogP contribution in [0.15, 0.2) is 18.2 Å². The second-order valence-electron chi connectivity index (χ2n) is 5.15. The summed E-state index contributed by atoms with van der Waals surface area (Å²) in [6.07, 6.45) is 0. The van der Waals surface area contributed by atoms with Crippen LogP contribution in [0.1, 0.15) is 44.7 Å². The third-order valence-corrected chi connectivity index (χ3v) is 2.79. The molecule has 1 unspecified atom stereocenters. The van der Waals surface area contributed by atoms with Crippen molar-refractivity contribution in [2.24, 2.45) is 0 Å². The Balaban J connectivity index is 3.24. The Morgan fingerprint density at radius 1 is 1.38 bits per heavy atom. The minimum Gasteiger partial charge on any atom is -0.481 e. The van der Waals surface area contributed by atoms with Gasteiger partial charge in [0.2, 0.25) is 0 Å². The number of carboxylic acid groups (broad SMARTS) is 1. The first-order valence-electron chi connectivity index (χ1n) is 5.36. The molecule has 0 aliphatic rings. The van der Waals surface area contributed by atoms with Gasteiger partial charge in [0.1, 0.15) is 0 Å². The fraction of sp³-hybridized carbons (Fsp3) is 0.462. The zero-order chi connectivity index (χ0) is 12.5. The van der Waals surface area contributed by atoms with Crippen molar-refractivity contribution in [3.63, 3.8) is 0 Å². The third-order valence-electron chi connectivity index (χ3n) is 2.79. The summed E-state index contributed by atoms with van der Waals surface area (Å²) in [6.45, 7) is 7.93. The highest BCUT2D eigenvalue weighted by Gasteiger charge is 2.20. The van der Waals surface area contributed by atoms with Gasteiger partial charge in [-0.1, -0.05) is 32.9 Å². The molecule has 0 bridgehead atoms. The van der Waals surface area contributed by atoms with Crippen LogP contribution in [-0.4, -0.2) is 11.1 Å². The first kappa shape index (κ1) is 12.6. The molecule has 0 fully saturated rings. The molecule has 1 atom stereocenters.